The lowest BCUT2D eigenvalue weighted by Crippen LogP contribution is -2.35. The molecule has 1 fully saturated rings. The van der Waals surface area contributed by atoms with Crippen molar-refractivity contribution < 1.29 is 13.9 Å². The summed E-state index contributed by atoms with van der Waals surface area (Å²) in [6.45, 7) is 6.38. The number of hydrogen-bond acceptors (Lipinski definition) is 6. The Hall–Kier alpha value is -3.81. The van der Waals surface area contributed by atoms with Crippen molar-refractivity contribution in [3.05, 3.63) is 89.5 Å². The summed E-state index contributed by atoms with van der Waals surface area (Å²) in [5.41, 5.74) is 5.30. The highest BCUT2D eigenvalue weighted by Gasteiger charge is 2.13. The molecular weight excluding hydrogens is 428 g/mol. The first kappa shape index (κ1) is 22.0. The molecule has 34 heavy (non-hydrogen) atoms. The van der Waals surface area contributed by atoms with E-state index in [0.29, 0.717) is 17.3 Å². The summed E-state index contributed by atoms with van der Waals surface area (Å²) in [5.74, 6) is 0.718. The van der Waals surface area contributed by atoms with E-state index in [1.807, 2.05) is 55.5 Å². The summed E-state index contributed by atoms with van der Waals surface area (Å²) >= 11 is 0. The molecule has 3 aromatic carbocycles. The topological polar surface area (TPSA) is 80.5 Å². The average molecular weight is 455 g/mol. The lowest BCUT2D eigenvalue weighted by atomic mass is 10.1. The van der Waals surface area contributed by atoms with E-state index < -0.39 is 0 Å². The van der Waals surface area contributed by atoms with Crippen LogP contribution in [0.3, 0.4) is 0 Å². The lowest BCUT2D eigenvalue weighted by Gasteiger charge is -2.26. The largest absolute Gasteiger partial charge is 0.416 e. The number of rotatable bonds is 6. The van der Waals surface area contributed by atoms with Crippen molar-refractivity contribution in [3.63, 3.8) is 0 Å². The summed E-state index contributed by atoms with van der Waals surface area (Å²) in [5, 5.41) is 11.3. The number of anilines is 1. The Bertz CT molecular complexity index is 1260. The van der Waals surface area contributed by atoms with E-state index in [1.54, 1.807) is 12.1 Å². The second-order valence-corrected chi connectivity index (χ2v) is 8.40. The second kappa shape index (κ2) is 9.99. The van der Waals surface area contributed by atoms with Crippen LogP contribution in [0.15, 0.2) is 77.2 Å². The van der Waals surface area contributed by atoms with Gasteiger partial charge in [-0.2, -0.15) is 0 Å². The van der Waals surface area contributed by atoms with E-state index >= 15 is 0 Å². The number of carbonyl (C=O) groups is 1. The number of aromatic nitrogens is 2. The first-order chi connectivity index (χ1) is 16.6. The molecule has 4 aromatic rings. The molecule has 1 N–H and O–H groups in total. The number of nitrogens with zero attached hydrogens (tertiary/aromatic N) is 3. The molecule has 0 aliphatic carbocycles. The minimum Gasteiger partial charge on any atom is -0.416 e. The van der Waals surface area contributed by atoms with Crippen LogP contribution in [0.5, 0.6) is 0 Å². The van der Waals surface area contributed by atoms with Crippen LogP contribution >= 0.6 is 0 Å². The molecule has 1 aliphatic heterocycles. The highest BCUT2D eigenvalue weighted by Crippen LogP contribution is 2.25. The minimum atomic E-state index is -0.168. The van der Waals surface area contributed by atoms with Crippen molar-refractivity contribution in [2.75, 3.05) is 31.6 Å². The standard InChI is InChI=1S/C27H26N4O3/c1-19-3-2-4-23(17-19)27-30-29-26(34-27)22-9-7-21(8-10-22)25(32)28-24-11-5-20(6-12-24)18-31-13-15-33-16-14-31/h2-12,17H,13-16,18H2,1H3,(H,28,32). The highest BCUT2D eigenvalue weighted by atomic mass is 16.5. The number of nitrogens with one attached hydrogen (secondary N) is 1. The van der Waals surface area contributed by atoms with Gasteiger partial charge in [-0.15, -0.1) is 10.2 Å². The number of amides is 1. The van der Waals surface area contributed by atoms with Crippen LogP contribution in [0.4, 0.5) is 5.69 Å². The van der Waals surface area contributed by atoms with E-state index in [9.17, 15) is 4.79 Å². The predicted molar refractivity (Wildman–Crippen MR) is 130 cm³/mol. The predicted octanol–water partition coefficient (Wildman–Crippen LogP) is 4.80. The molecule has 0 unspecified atom stereocenters. The van der Waals surface area contributed by atoms with Crippen LogP contribution < -0.4 is 5.32 Å². The number of ether oxygens (including phenoxy) is 1. The minimum absolute atomic E-state index is 0.168. The molecule has 1 amide bonds. The molecule has 5 rings (SSSR count). The first-order valence-corrected chi connectivity index (χ1v) is 11.4. The normalized spacial score (nSPS) is 14.1. The molecular formula is C27H26N4O3. The van der Waals surface area contributed by atoms with E-state index in [4.69, 9.17) is 9.15 Å². The molecule has 0 spiro atoms. The zero-order chi connectivity index (χ0) is 23.3. The molecule has 0 radical (unpaired) electrons. The number of morpholine rings is 1. The smallest absolute Gasteiger partial charge is 0.255 e. The molecule has 172 valence electrons. The fraction of sp³-hybridized carbons (Fsp3) is 0.222. The number of aryl methyl sites for hydroxylation is 1. The summed E-state index contributed by atoms with van der Waals surface area (Å²) < 4.78 is 11.2. The number of carbonyl (C=O) groups excluding carboxylic acids is 1. The summed E-state index contributed by atoms with van der Waals surface area (Å²) in [4.78, 5) is 15.1. The van der Waals surface area contributed by atoms with Crippen molar-refractivity contribution in [2.24, 2.45) is 0 Å². The van der Waals surface area contributed by atoms with Gasteiger partial charge >= 0.3 is 0 Å². The zero-order valence-electron chi connectivity index (χ0n) is 19.0. The van der Waals surface area contributed by atoms with Crippen LogP contribution in [0, 0.1) is 6.92 Å². The molecule has 7 nitrogen and oxygen atoms in total. The Morgan fingerprint density at radius 3 is 2.32 bits per heavy atom. The summed E-state index contributed by atoms with van der Waals surface area (Å²) in [6.07, 6.45) is 0. The fourth-order valence-corrected chi connectivity index (χ4v) is 3.91. The maximum atomic E-state index is 12.7. The van der Waals surface area contributed by atoms with Crippen LogP contribution in [0.2, 0.25) is 0 Å². The quantitative estimate of drug-likeness (QED) is 0.451. The van der Waals surface area contributed by atoms with E-state index in [1.165, 1.54) is 5.56 Å². The van der Waals surface area contributed by atoms with Gasteiger partial charge in [-0.25, -0.2) is 0 Å². The van der Waals surface area contributed by atoms with Gasteiger partial charge in [0.1, 0.15) is 0 Å². The Balaban J connectivity index is 1.21. The van der Waals surface area contributed by atoms with E-state index in [2.05, 4.69) is 32.5 Å². The van der Waals surface area contributed by atoms with Crippen LogP contribution in [0.1, 0.15) is 21.5 Å². The van der Waals surface area contributed by atoms with Crippen molar-refractivity contribution in [2.45, 2.75) is 13.5 Å². The van der Waals surface area contributed by atoms with Crippen molar-refractivity contribution in [3.8, 4) is 22.9 Å². The van der Waals surface area contributed by atoms with Gasteiger partial charge in [0.15, 0.2) is 0 Å². The first-order valence-electron chi connectivity index (χ1n) is 11.4. The molecule has 1 saturated heterocycles. The average Bonchev–Trinajstić information content (AvgIpc) is 3.37. The molecule has 1 aromatic heterocycles. The van der Waals surface area contributed by atoms with Gasteiger partial charge in [0.2, 0.25) is 11.8 Å². The number of benzene rings is 3. The third-order valence-corrected chi connectivity index (χ3v) is 5.81. The molecule has 0 bridgehead atoms. The molecule has 1 aliphatic rings. The third-order valence-electron chi connectivity index (χ3n) is 5.81. The Morgan fingerprint density at radius 1 is 0.912 bits per heavy atom. The van der Waals surface area contributed by atoms with Gasteiger partial charge in [-0.05, 0) is 61.0 Å². The highest BCUT2D eigenvalue weighted by molar-refractivity contribution is 6.04. The van der Waals surface area contributed by atoms with Gasteiger partial charge in [0.05, 0.1) is 13.2 Å². The third kappa shape index (κ3) is 5.22. The van der Waals surface area contributed by atoms with Gasteiger partial charge in [0.25, 0.3) is 5.91 Å². The molecule has 2 heterocycles. The van der Waals surface area contributed by atoms with Gasteiger partial charge in [-0.3, -0.25) is 9.69 Å². The SMILES string of the molecule is Cc1cccc(-c2nnc(-c3ccc(C(=O)Nc4ccc(CN5CCOCC5)cc4)cc3)o2)c1. The van der Waals surface area contributed by atoms with Crippen LogP contribution in [-0.2, 0) is 11.3 Å². The van der Waals surface area contributed by atoms with Gasteiger partial charge < -0.3 is 14.5 Å². The monoisotopic (exact) mass is 454 g/mol. The van der Waals surface area contributed by atoms with Crippen LogP contribution in [-0.4, -0.2) is 47.3 Å². The summed E-state index contributed by atoms with van der Waals surface area (Å²) in [7, 11) is 0. The van der Waals surface area contributed by atoms with Crippen LogP contribution in [0.25, 0.3) is 22.9 Å². The van der Waals surface area contributed by atoms with E-state index in [-0.39, 0.29) is 5.91 Å². The van der Waals surface area contributed by atoms with Gasteiger partial charge in [0, 0.05) is 42.0 Å². The molecule has 0 saturated carbocycles. The molecule has 7 heteroatoms. The summed E-state index contributed by atoms with van der Waals surface area (Å²) in [6, 6.07) is 23.0. The second-order valence-electron chi connectivity index (χ2n) is 8.40. The zero-order valence-corrected chi connectivity index (χ0v) is 19.0. The Labute approximate surface area is 198 Å². The fourth-order valence-electron chi connectivity index (χ4n) is 3.91. The Morgan fingerprint density at radius 2 is 1.62 bits per heavy atom. The van der Waals surface area contributed by atoms with Crippen molar-refractivity contribution >= 4 is 11.6 Å². The maximum Gasteiger partial charge on any atom is 0.255 e. The maximum absolute atomic E-state index is 12.7. The van der Waals surface area contributed by atoms with Gasteiger partial charge in [-0.1, -0.05) is 29.8 Å². The lowest BCUT2D eigenvalue weighted by molar-refractivity contribution is 0.0342. The van der Waals surface area contributed by atoms with Crippen molar-refractivity contribution in [1.29, 1.82) is 0 Å². The van der Waals surface area contributed by atoms with E-state index in [0.717, 1.165) is 55.2 Å². The van der Waals surface area contributed by atoms with Crippen molar-refractivity contribution in [1.82, 2.24) is 15.1 Å². The number of hydrogen-bond donors (Lipinski definition) is 1. The molecule has 0 atom stereocenters. The Kier molecular flexibility index (Phi) is 6.46.